The lowest BCUT2D eigenvalue weighted by Gasteiger charge is -2.22. The Morgan fingerprint density at radius 2 is 1.30 bits per heavy atom. The van der Waals surface area contributed by atoms with Crippen LogP contribution in [0.1, 0.15) is 70.3 Å². The summed E-state index contributed by atoms with van der Waals surface area (Å²) >= 11 is 13.1. The van der Waals surface area contributed by atoms with E-state index < -0.39 is 0 Å². The molecule has 2 aromatic carbocycles. The molecule has 30 heavy (non-hydrogen) atoms. The molecule has 0 N–H and O–H groups in total. The van der Waals surface area contributed by atoms with Crippen LogP contribution in [0.2, 0.25) is 0 Å². The Balaban J connectivity index is 1.36. The van der Waals surface area contributed by atoms with Gasteiger partial charge < -0.3 is 9.80 Å². The van der Waals surface area contributed by atoms with Crippen LogP contribution in [-0.4, -0.2) is 29.6 Å². The Morgan fingerprint density at radius 3 is 2.00 bits per heavy atom. The van der Waals surface area contributed by atoms with Gasteiger partial charge in [0.2, 0.25) is 0 Å². The number of nitrogens with zero attached hydrogens (tertiary/aromatic N) is 2. The van der Waals surface area contributed by atoms with E-state index in [4.69, 9.17) is 23.2 Å². The standard InChI is InChI=1S/C26H36Cl2N2/c1-2-3-4-5-6-7-8-9-12-18-29-21-30(26(28)25(29)27)19-17-22-15-16-23-13-10-11-14-24(23)20-22/h10-11,13-16,20H,2-9,12,17-19,21H2,1H3. The molecule has 0 bridgehead atoms. The Kier molecular flexibility index (Phi) is 9.68. The maximum Gasteiger partial charge on any atom is 0.141 e. The topological polar surface area (TPSA) is 6.48 Å². The molecule has 2 nitrogen and oxygen atoms in total. The van der Waals surface area contributed by atoms with Crippen molar-refractivity contribution in [2.75, 3.05) is 19.8 Å². The molecule has 0 amide bonds. The van der Waals surface area contributed by atoms with Crippen molar-refractivity contribution in [3.63, 3.8) is 0 Å². The first-order chi connectivity index (χ1) is 14.7. The quantitative estimate of drug-likeness (QED) is 0.226. The highest BCUT2D eigenvalue weighted by atomic mass is 35.5. The Labute approximate surface area is 192 Å². The fourth-order valence-electron chi connectivity index (χ4n) is 4.20. The summed E-state index contributed by atoms with van der Waals surface area (Å²) in [7, 11) is 0. The molecular weight excluding hydrogens is 411 g/mol. The van der Waals surface area contributed by atoms with Gasteiger partial charge in [0.05, 0.1) is 6.67 Å². The van der Waals surface area contributed by atoms with E-state index in [1.54, 1.807) is 0 Å². The van der Waals surface area contributed by atoms with Crippen LogP contribution in [0.5, 0.6) is 0 Å². The molecule has 164 valence electrons. The van der Waals surface area contributed by atoms with Crippen LogP contribution >= 0.6 is 23.2 Å². The number of benzene rings is 2. The van der Waals surface area contributed by atoms with Crippen molar-refractivity contribution in [3.8, 4) is 0 Å². The van der Waals surface area contributed by atoms with Gasteiger partial charge in [0.1, 0.15) is 10.3 Å². The molecule has 0 unspecified atom stereocenters. The van der Waals surface area contributed by atoms with Crippen molar-refractivity contribution >= 4 is 34.0 Å². The summed E-state index contributed by atoms with van der Waals surface area (Å²) in [6, 6.07) is 15.2. The van der Waals surface area contributed by atoms with E-state index in [0.29, 0.717) is 5.16 Å². The van der Waals surface area contributed by atoms with Gasteiger partial charge in [-0.2, -0.15) is 0 Å². The highest BCUT2D eigenvalue weighted by Gasteiger charge is 2.25. The van der Waals surface area contributed by atoms with Gasteiger partial charge in [-0.05, 0) is 29.2 Å². The molecule has 0 fully saturated rings. The van der Waals surface area contributed by atoms with Crippen LogP contribution in [-0.2, 0) is 6.42 Å². The second kappa shape index (κ2) is 12.5. The van der Waals surface area contributed by atoms with Crippen LogP contribution in [0, 0.1) is 0 Å². The molecule has 0 saturated heterocycles. The predicted molar refractivity (Wildman–Crippen MR) is 132 cm³/mol. The van der Waals surface area contributed by atoms with Gasteiger partial charge in [-0.1, -0.05) is 124 Å². The maximum atomic E-state index is 6.54. The molecule has 0 spiro atoms. The van der Waals surface area contributed by atoms with E-state index in [-0.39, 0.29) is 0 Å². The lowest BCUT2D eigenvalue weighted by molar-refractivity contribution is 0.256. The third-order valence-electron chi connectivity index (χ3n) is 6.08. The second-order valence-corrected chi connectivity index (χ2v) is 9.23. The third kappa shape index (κ3) is 6.82. The molecule has 3 rings (SSSR count). The number of fused-ring (bicyclic) bond motifs is 1. The fourth-order valence-corrected chi connectivity index (χ4v) is 4.72. The SMILES string of the molecule is CCCCCCCCCCCN1CN(CCc2ccc3ccccc3c2)C(Cl)=C1Cl. The van der Waals surface area contributed by atoms with Crippen molar-refractivity contribution in [1.82, 2.24) is 9.80 Å². The first kappa shape index (κ1) is 23.3. The maximum absolute atomic E-state index is 6.54. The molecule has 0 saturated carbocycles. The predicted octanol–water partition coefficient (Wildman–Crippen LogP) is 8.09. The monoisotopic (exact) mass is 446 g/mol. The first-order valence-corrected chi connectivity index (χ1v) is 12.5. The van der Waals surface area contributed by atoms with Gasteiger partial charge in [-0.25, -0.2) is 0 Å². The number of halogens is 2. The zero-order valence-electron chi connectivity index (χ0n) is 18.4. The largest absolute Gasteiger partial charge is 0.342 e. The van der Waals surface area contributed by atoms with Crippen LogP contribution in [0.25, 0.3) is 10.8 Å². The first-order valence-electron chi connectivity index (χ1n) is 11.7. The van der Waals surface area contributed by atoms with Gasteiger partial charge >= 0.3 is 0 Å². The second-order valence-electron chi connectivity index (χ2n) is 8.51. The number of rotatable bonds is 13. The van der Waals surface area contributed by atoms with Crippen molar-refractivity contribution in [1.29, 1.82) is 0 Å². The normalized spacial score (nSPS) is 14.4. The minimum Gasteiger partial charge on any atom is -0.342 e. The summed E-state index contributed by atoms with van der Waals surface area (Å²) < 4.78 is 0. The Bertz CT molecular complexity index is 818. The van der Waals surface area contributed by atoms with Gasteiger partial charge in [-0.3, -0.25) is 0 Å². The van der Waals surface area contributed by atoms with E-state index in [1.165, 1.54) is 74.1 Å². The van der Waals surface area contributed by atoms with Gasteiger partial charge in [0, 0.05) is 13.1 Å². The third-order valence-corrected chi connectivity index (χ3v) is 7.02. The van der Waals surface area contributed by atoms with Crippen molar-refractivity contribution in [2.24, 2.45) is 0 Å². The molecule has 2 aromatic rings. The van der Waals surface area contributed by atoms with E-state index in [9.17, 15) is 0 Å². The highest BCUT2D eigenvalue weighted by Crippen LogP contribution is 2.30. The molecule has 0 radical (unpaired) electrons. The van der Waals surface area contributed by atoms with Crippen molar-refractivity contribution < 1.29 is 0 Å². The molecule has 0 atom stereocenters. The molecule has 4 heteroatoms. The zero-order chi connectivity index (χ0) is 21.2. The molecule has 1 heterocycles. The van der Waals surface area contributed by atoms with Gasteiger partial charge in [-0.15, -0.1) is 0 Å². The van der Waals surface area contributed by atoms with Crippen LogP contribution < -0.4 is 0 Å². The van der Waals surface area contributed by atoms with Crippen LogP contribution in [0.3, 0.4) is 0 Å². The van der Waals surface area contributed by atoms with Crippen LogP contribution in [0.4, 0.5) is 0 Å². The summed E-state index contributed by atoms with van der Waals surface area (Å²) in [6.45, 7) is 4.97. The summed E-state index contributed by atoms with van der Waals surface area (Å²) in [5.74, 6) is 0. The summed E-state index contributed by atoms with van der Waals surface area (Å²) in [6.07, 6.45) is 13.0. The summed E-state index contributed by atoms with van der Waals surface area (Å²) in [5, 5.41) is 4.00. The summed E-state index contributed by atoms with van der Waals surface area (Å²) in [4.78, 5) is 4.43. The number of hydrogen-bond donors (Lipinski definition) is 0. The average Bonchev–Trinajstić information content (AvgIpc) is 3.04. The Hall–Kier alpha value is -1.38. The summed E-state index contributed by atoms with van der Waals surface area (Å²) in [5.41, 5.74) is 1.34. The van der Waals surface area contributed by atoms with E-state index in [1.807, 2.05) is 0 Å². The molecule has 1 aliphatic rings. The lowest BCUT2D eigenvalue weighted by Crippen LogP contribution is -2.29. The zero-order valence-corrected chi connectivity index (χ0v) is 19.9. The van der Waals surface area contributed by atoms with Gasteiger partial charge in [0.15, 0.2) is 0 Å². The van der Waals surface area contributed by atoms with Gasteiger partial charge in [0.25, 0.3) is 0 Å². The minimum absolute atomic E-state index is 0.702. The average molecular weight is 447 g/mol. The Morgan fingerprint density at radius 1 is 0.700 bits per heavy atom. The van der Waals surface area contributed by atoms with Crippen molar-refractivity contribution in [3.05, 3.63) is 58.3 Å². The smallest absolute Gasteiger partial charge is 0.141 e. The van der Waals surface area contributed by atoms with E-state index in [0.717, 1.165) is 31.3 Å². The van der Waals surface area contributed by atoms with Crippen molar-refractivity contribution in [2.45, 2.75) is 71.1 Å². The number of unbranched alkanes of at least 4 members (excludes halogenated alkanes) is 8. The lowest BCUT2D eigenvalue weighted by atomic mass is 10.1. The minimum atomic E-state index is 0.702. The van der Waals surface area contributed by atoms with Crippen LogP contribution in [0.15, 0.2) is 52.8 Å². The molecule has 1 aliphatic heterocycles. The van der Waals surface area contributed by atoms with E-state index in [2.05, 4.69) is 59.2 Å². The molecular formula is C26H36Cl2N2. The molecule has 0 aliphatic carbocycles. The highest BCUT2D eigenvalue weighted by molar-refractivity contribution is 6.38. The molecule has 0 aromatic heterocycles. The van der Waals surface area contributed by atoms with E-state index >= 15 is 0 Å². The number of hydrogen-bond acceptors (Lipinski definition) is 2. The fraction of sp³-hybridized carbons (Fsp3) is 0.538.